The summed E-state index contributed by atoms with van der Waals surface area (Å²) in [6, 6.07) is 5.27. The van der Waals surface area contributed by atoms with Gasteiger partial charge in [-0.15, -0.1) is 0 Å². The molecule has 21 heavy (non-hydrogen) atoms. The molecule has 0 unspecified atom stereocenters. The minimum Gasteiger partial charge on any atom is -0.454 e. The van der Waals surface area contributed by atoms with E-state index in [4.69, 9.17) is 9.47 Å². The third-order valence-electron chi connectivity index (χ3n) is 2.96. The smallest absolute Gasteiger partial charge is 0.305 e. The van der Waals surface area contributed by atoms with E-state index in [2.05, 4.69) is 9.71 Å². The van der Waals surface area contributed by atoms with Gasteiger partial charge < -0.3 is 14.5 Å². The first-order valence-electron chi connectivity index (χ1n) is 6.04. The minimum atomic E-state index is -3.74. The maximum atomic E-state index is 12.2. The maximum Gasteiger partial charge on any atom is 0.305 e. The molecule has 0 atom stereocenters. The van der Waals surface area contributed by atoms with Crippen LogP contribution in [-0.4, -0.2) is 20.2 Å². The summed E-state index contributed by atoms with van der Waals surface area (Å²) >= 11 is 0.664. The number of benzene rings is 1. The highest BCUT2D eigenvalue weighted by Crippen LogP contribution is 2.35. The van der Waals surface area contributed by atoms with E-state index in [-0.39, 0.29) is 17.5 Å². The topological polar surface area (TPSA) is 97.5 Å². The third-order valence-corrected chi connectivity index (χ3v) is 5.96. The Hall–Kier alpha value is -1.84. The Bertz CT molecular complexity index is 838. The molecule has 1 aliphatic rings. The molecule has 0 saturated heterocycles. The zero-order valence-electron chi connectivity index (χ0n) is 11.0. The van der Waals surface area contributed by atoms with Crippen LogP contribution in [0, 0.1) is 6.92 Å². The number of ether oxygens (including phenoxy) is 2. The second kappa shape index (κ2) is 5.17. The Kier molecular flexibility index (Phi) is 3.47. The molecule has 7 nitrogen and oxygen atoms in total. The lowest BCUT2D eigenvalue weighted by molar-refractivity contribution is 0.173. The van der Waals surface area contributed by atoms with Crippen LogP contribution in [0.3, 0.4) is 0 Å². The molecular weight excluding hydrogens is 316 g/mol. The summed E-state index contributed by atoms with van der Waals surface area (Å²) in [7, 11) is -3.74. The molecule has 2 heterocycles. The average molecular weight is 328 g/mol. The highest BCUT2D eigenvalue weighted by molar-refractivity contribution is 7.91. The Morgan fingerprint density at radius 1 is 1.38 bits per heavy atom. The number of nitrogens with one attached hydrogen (secondary N) is 2. The van der Waals surface area contributed by atoms with Crippen molar-refractivity contribution < 1.29 is 17.9 Å². The van der Waals surface area contributed by atoms with Gasteiger partial charge in [-0.05, 0) is 13.0 Å². The summed E-state index contributed by atoms with van der Waals surface area (Å²) in [4.78, 5) is 13.3. The molecule has 3 rings (SSSR count). The van der Waals surface area contributed by atoms with Crippen LogP contribution in [0.4, 0.5) is 0 Å². The maximum absolute atomic E-state index is 12.2. The molecule has 0 amide bonds. The first-order valence-corrected chi connectivity index (χ1v) is 8.34. The molecule has 112 valence electrons. The van der Waals surface area contributed by atoms with Crippen LogP contribution in [0.5, 0.6) is 11.5 Å². The molecule has 0 bridgehead atoms. The summed E-state index contributed by atoms with van der Waals surface area (Å²) in [5.41, 5.74) is 1.00. The largest absolute Gasteiger partial charge is 0.454 e. The second-order valence-corrected chi connectivity index (χ2v) is 7.35. The van der Waals surface area contributed by atoms with Gasteiger partial charge in [-0.25, -0.2) is 13.1 Å². The van der Waals surface area contributed by atoms with Gasteiger partial charge in [0, 0.05) is 17.8 Å². The highest BCUT2D eigenvalue weighted by atomic mass is 32.2. The van der Waals surface area contributed by atoms with E-state index in [0.717, 1.165) is 0 Å². The number of rotatable bonds is 4. The number of aromatic nitrogens is 1. The molecular formula is C12H12N2O5S2. The Morgan fingerprint density at radius 2 is 2.19 bits per heavy atom. The van der Waals surface area contributed by atoms with Crippen LogP contribution in [0.2, 0.25) is 0 Å². The average Bonchev–Trinajstić information content (AvgIpc) is 3.03. The monoisotopic (exact) mass is 328 g/mol. The van der Waals surface area contributed by atoms with Crippen molar-refractivity contribution in [2.75, 3.05) is 6.79 Å². The zero-order valence-corrected chi connectivity index (χ0v) is 12.6. The molecule has 2 N–H and O–H groups in total. The predicted molar refractivity (Wildman–Crippen MR) is 76.3 cm³/mol. The van der Waals surface area contributed by atoms with E-state index in [1.807, 2.05) is 0 Å². The van der Waals surface area contributed by atoms with Crippen molar-refractivity contribution in [1.29, 1.82) is 0 Å². The van der Waals surface area contributed by atoms with Crippen LogP contribution in [-0.2, 0) is 16.6 Å². The van der Waals surface area contributed by atoms with Crippen molar-refractivity contribution in [3.63, 3.8) is 0 Å². The lowest BCUT2D eigenvalue weighted by Gasteiger charge is -2.08. The minimum absolute atomic E-state index is 0.00255. The van der Waals surface area contributed by atoms with Crippen LogP contribution < -0.4 is 19.1 Å². The van der Waals surface area contributed by atoms with E-state index in [1.54, 1.807) is 25.1 Å². The number of hydrogen-bond acceptors (Lipinski definition) is 6. The SMILES string of the molecule is Cc1[nH]c(=O)sc1S(=O)(=O)NCc1cccc2c1OCO2. The van der Waals surface area contributed by atoms with E-state index >= 15 is 0 Å². The molecule has 0 radical (unpaired) electrons. The first-order chi connectivity index (χ1) is 9.97. The zero-order chi connectivity index (χ0) is 15.0. The Labute approximate surface area is 124 Å². The van der Waals surface area contributed by atoms with E-state index in [1.165, 1.54) is 0 Å². The fourth-order valence-corrected chi connectivity index (χ4v) is 4.36. The molecule has 9 heteroatoms. The van der Waals surface area contributed by atoms with Crippen molar-refractivity contribution in [3.05, 3.63) is 39.1 Å². The Morgan fingerprint density at radius 3 is 2.90 bits per heavy atom. The van der Waals surface area contributed by atoms with Gasteiger partial charge in [-0.3, -0.25) is 4.79 Å². The van der Waals surface area contributed by atoms with E-state index < -0.39 is 14.9 Å². The normalized spacial score (nSPS) is 13.6. The van der Waals surface area contributed by atoms with Gasteiger partial charge in [0.1, 0.15) is 0 Å². The summed E-state index contributed by atoms with van der Waals surface area (Å²) in [5.74, 6) is 1.13. The van der Waals surface area contributed by atoms with Crippen molar-refractivity contribution in [1.82, 2.24) is 9.71 Å². The van der Waals surface area contributed by atoms with Gasteiger partial charge in [-0.2, -0.15) is 0 Å². The summed E-state index contributed by atoms with van der Waals surface area (Å²) in [6.45, 7) is 1.72. The number of para-hydroxylation sites is 1. The highest BCUT2D eigenvalue weighted by Gasteiger charge is 2.22. The number of aryl methyl sites for hydroxylation is 1. The van der Waals surface area contributed by atoms with E-state index in [0.29, 0.717) is 34.1 Å². The van der Waals surface area contributed by atoms with Gasteiger partial charge in [0.2, 0.25) is 6.79 Å². The molecule has 0 saturated carbocycles. The molecule has 1 aliphatic heterocycles. The summed E-state index contributed by atoms with van der Waals surface area (Å²) in [5, 5.41) is 0. The molecule has 0 fully saturated rings. The fourth-order valence-electron chi connectivity index (χ4n) is 2.01. The lowest BCUT2D eigenvalue weighted by atomic mass is 10.2. The number of aromatic amines is 1. The molecule has 0 aliphatic carbocycles. The van der Waals surface area contributed by atoms with Crippen LogP contribution in [0.15, 0.2) is 27.2 Å². The van der Waals surface area contributed by atoms with Crippen LogP contribution in [0.1, 0.15) is 11.3 Å². The van der Waals surface area contributed by atoms with Crippen LogP contribution >= 0.6 is 11.3 Å². The quantitative estimate of drug-likeness (QED) is 0.871. The molecule has 2 aromatic rings. The van der Waals surface area contributed by atoms with Gasteiger partial charge in [0.15, 0.2) is 15.7 Å². The summed E-state index contributed by atoms with van der Waals surface area (Å²) in [6.07, 6.45) is 0. The van der Waals surface area contributed by atoms with Crippen LogP contribution in [0.25, 0.3) is 0 Å². The number of fused-ring (bicyclic) bond motifs is 1. The predicted octanol–water partition coefficient (Wildman–Crippen LogP) is 0.952. The molecule has 0 spiro atoms. The third kappa shape index (κ3) is 2.67. The van der Waals surface area contributed by atoms with E-state index in [9.17, 15) is 13.2 Å². The van der Waals surface area contributed by atoms with Gasteiger partial charge in [0.25, 0.3) is 10.0 Å². The summed E-state index contributed by atoms with van der Waals surface area (Å²) < 4.78 is 37.4. The fraction of sp³-hybridized carbons (Fsp3) is 0.250. The van der Waals surface area contributed by atoms with Gasteiger partial charge >= 0.3 is 4.87 Å². The number of hydrogen-bond donors (Lipinski definition) is 2. The number of H-pyrrole nitrogens is 1. The first kappa shape index (κ1) is 14.1. The lowest BCUT2D eigenvalue weighted by Crippen LogP contribution is -2.23. The molecule has 1 aromatic heterocycles. The van der Waals surface area contributed by atoms with Crippen molar-refractivity contribution >= 4 is 21.4 Å². The molecule has 1 aromatic carbocycles. The Balaban J connectivity index is 1.83. The number of sulfonamides is 1. The van der Waals surface area contributed by atoms with Crippen molar-refractivity contribution in [2.45, 2.75) is 17.7 Å². The second-order valence-electron chi connectivity index (χ2n) is 4.40. The number of thiazole rings is 1. The van der Waals surface area contributed by atoms with Crippen molar-refractivity contribution in [2.24, 2.45) is 0 Å². The van der Waals surface area contributed by atoms with Gasteiger partial charge in [-0.1, -0.05) is 23.5 Å². The standard InChI is InChI=1S/C12H12N2O5S2/c1-7-11(20-12(15)14-7)21(16,17)13-5-8-3-2-4-9-10(8)19-6-18-9/h2-4,13H,5-6H2,1H3,(H,14,15). The van der Waals surface area contributed by atoms with Gasteiger partial charge in [0.05, 0.1) is 0 Å². The van der Waals surface area contributed by atoms with Crippen molar-refractivity contribution in [3.8, 4) is 11.5 Å².